The second-order valence-corrected chi connectivity index (χ2v) is 18.1. The summed E-state index contributed by atoms with van der Waals surface area (Å²) in [5.41, 5.74) is 0. The van der Waals surface area contributed by atoms with Crippen molar-refractivity contribution in [2.75, 3.05) is 32.7 Å². The molecule has 3 saturated heterocycles. The van der Waals surface area contributed by atoms with Crippen LogP contribution in [0.25, 0.3) is 0 Å². The van der Waals surface area contributed by atoms with Gasteiger partial charge in [0.1, 0.15) is 0 Å². The van der Waals surface area contributed by atoms with Crippen LogP contribution < -0.4 is 16.0 Å². The number of rotatable bonds is 8. The fraction of sp³-hybridized carbons (Fsp3) is 1.00. The van der Waals surface area contributed by atoms with E-state index < -0.39 is 0 Å². The third-order valence-electron chi connectivity index (χ3n) is 12.3. The van der Waals surface area contributed by atoms with E-state index in [1.165, 1.54) is 58.4 Å². The van der Waals surface area contributed by atoms with Crippen molar-refractivity contribution in [2.45, 2.75) is 198 Å². The van der Waals surface area contributed by atoms with Gasteiger partial charge < -0.3 is 16.0 Å². The molecule has 0 amide bonds. The fourth-order valence-electron chi connectivity index (χ4n) is 9.07. The van der Waals surface area contributed by atoms with Gasteiger partial charge in [0.15, 0.2) is 0 Å². The Morgan fingerprint density at radius 1 is 0.288 bits per heavy atom. The Hall–Kier alpha value is -0.120. The highest BCUT2D eigenvalue weighted by Crippen LogP contribution is 2.43. The van der Waals surface area contributed by atoms with Crippen LogP contribution in [0.2, 0.25) is 0 Å². The van der Waals surface area contributed by atoms with Gasteiger partial charge in [-0.05, 0) is 147 Å². The predicted molar refractivity (Wildman–Crippen MR) is 245 cm³/mol. The first-order valence-corrected chi connectivity index (χ1v) is 23.7. The van der Waals surface area contributed by atoms with E-state index in [1.807, 2.05) is 55.4 Å². The van der Waals surface area contributed by atoms with Gasteiger partial charge in [-0.2, -0.15) is 0 Å². The Morgan fingerprint density at radius 3 is 0.808 bits per heavy atom. The molecule has 1 saturated carbocycles. The molecule has 4 rings (SSSR count). The molecule has 1 aliphatic carbocycles. The lowest BCUT2D eigenvalue weighted by atomic mass is 9.64. The Kier molecular flexibility index (Phi) is 39.8. The van der Waals surface area contributed by atoms with Gasteiger partial charge in [-0.1, -0.05) is 166 Å². The number of nitrogens with one attached hydrogen (secondary N) is 3. The smallest absolute Gasteiger partial charge is 0.0121 e. The van der Waals surface area contributed by atoms with E-state index in [-0.39, 0.29) is 0 Å². The molecular weight excluding hydrogens is 631 g/mol. The molecule has 3 heterocycles. The van der Waals surface area contributed by atoms with Crippen LogP contribution in [0.4, 0.5) is 0 Å². The van der Waals surface area contributed by atoms with E-state index in [1.54, 1.807) is 0 Å². The maximum atomic E-state index is 3.59. The first-order valence-electron chi connectivity index (χ1n) is 23.7. The third kappa shape index (κ3) is 23.1. The monoisotopic (exact) mass is 740 g/mol. The third-order valence-corrected chi connectivity index (χ3v) is 12.3. The van der Waals surface area contributed by atoms with Gasteiger partial charge in [0, 0.05) is 6.04 Å². The van der Waals surface area contributed by atoms with Gasteiger partial charge in [-0.15, -0.1) is 0 Å². The van der Waals surface area contributed by atoms with Crippen LogP contribution in [0.5, 0.6) is 0 Å². The maximum absolute atomic E-state index is 3.59. The maximum Gasteiger partial charge on any atom is 0.0121 e. The summed E-state index contributed by atoms with van der Waals surface area (Å²) in [4.78, 5) is 0. The molecule has 3 aliphatic heterocycles. The molecule has 52 heavy (non-hydrogen) atoms. The molecule has 0 bridgehead atoms. The molecular formula is C49H109N3. The minimum absolute atomic E-state index is 0.773. The molecule has 8 atom stereocenters. The molecule has 0 aromatic carbocycles. The molecule has 4 fully saturated rings. The van der Waals surface area contributed by atoms with E-state index in [9.17, 15) is 0 Å². The summed E-state index contributed by atoms with van der Waals surface area (Å²) in [6.07, 6.45) is 5.72. The summed E-state index contributed by atoms with van der Waals surface area (Å²) in [5, 5.41) is 10.6. The van der Waals surface area contributed by atoms with Crippen LogP contribution in [-0.4, -0.2) is 38.8 Å². The van der Waals surface area contributed by atoms with Gasteiger partial charge in [0.05, 0.1) is 0 Å². The molecule has 0 aromatic rings. The zero-order chi connectivity index (χ0) is 41.7. The molecule has 0 spiro atoms. The lowest BCUT2D eigenvalue weighted by Gasteiger charge is -2.42. The van der Waals surface area contributed by atoms with Crippen molar-refractivity contribution in [2.24, 2.45) is 88.8 Å². The van der Waals surface area contributed by atoms with E-state index in [2.05, 4.69) is 127 Å². The van der Waals surface area contributed by atoms with Crippen LogP contribution in [0.1, 0.15) is 192 Å². The molecule has 4 aliphatic rings. The minimum Gasteiger partial charge on any atom is -0.316 e. The van der Waals surface area contributed by atoms with Gasteiger partial charge in [-0.3, -0.25) is 0 Å². The van der Waals surface area contributed by atoms with Gasteiger partial charge >= 0.3 is 0 Å². The number of hydrogen-bond acceptors (Lipinski definition) is 3. The second-order valence-electron chi connectivity index (χ2n) is 18.1. The minimum atomic E-state index is 0.773. The highest BCUT2D eigenvalue weighted by Gasteiger charge is 2.35. The van der Waals surface area contributed by atoms with Crippen molar-refractivity contribution < 1.29 is 0 Å². The summed E-state index contributed by atoms with van der Waals surface area (Å²) in [6, 6.07) is 0.773. The Labute approximate surface area is 334 Å². The molecule has 3 N–H and O–H groups in total. The van der Waals surface area contributed by atoms with Crippen molar-refractivity contribution >= 4 is 0 Å². The average molecular weight is 740 g/mol. The van der Waals surface area contributed by atoms with Gasteiger partial charge in [0.25, 0.3) is 0 Å². The largest absolute Gasteiger partial charge is 0.316 e. The zero-order valence-corrected chi connectivity index (χ0v) is 41.1. The summed E-state index contributed by atoms with van der Waals surface area (Å²) in [6.45, 7) is 59.7. The second kappa shape index (κ2) is 35.3. The van der Waals surface area contributed by atoms with Crippen LogP contribution >= 0.6 is 0 Å². The Morgan fingerprint density at radius 2 is 0.558 bits per heavy atom. The topological polar surface area (TPSA) is 36.1 Å². The number of piperidine rings is 1. The van der Waals surface area contributed by atoms with E-state index in [4.69, 9.17) is 0 Å². The van der Waals surface area contributed by atoms with Gasteiger partial charge in [-0.25, -0.2) is 0 Å². The summed E-state index contributed by atoms with van der Waals surface area (Å²) in [7, 11) is 0. The predicted octanol–water partition coefficient (Wildman–Crippen LogP) is 14.4. The molecule has 320 valence electrons. The van der Waals surface area contributed by atoms with E-state index in [0.29, 0.717) is 0 Å². The molecule has 0 aromatic heterocycles. The van der Waals surface area contributed by atoms with Crippen molar-refractivity contribution in [1.82, 2.24) is 16.0 Å². The quantitative estimate of drug-likeness (QED) is 0.232. The average Bonchev–Trinajstić information content (AvgIpc) is 3.80. The first-order chi connectivity index (χ1) is 24.5. The van der Waals surface area contributed by atoms with Crippen LogP contribution in [0.15, 0.2) is 0 Å². The normalized spacial score (nSPS) is 27.7. The zero-order valence-electron chi connectivity index (χ0n) is 41.1. The highest BCUT2D eigenvalue weighted by molar-refractivity contribution is 4.88. The van der Waals surface area contributed by atoms with Crippen LogP contribution in [0, 0.1) is 88.8 Å². The summed E-state index contributed by atoms with van der Waals surface area (Å²) < 4.78 is 0. The highest BCUT2D eigenvalue weighted by atomic mass is 15.0. The van der Waals surface area contributed by atoms with Gasteiger partial charge in [0.2, 0.25) is 0 Å². The van der Waals surface area contributed by atoms with Crippen molar-refractivity contribution in [3.05, 3.63) is 0 Å². The SMILES string of the molecule is CC.CC.CC.CC.CC(C)C1CCC1C(C)C.CC(C)C1CCNC1C(C)C.CC(C)C1CCNCC1C(C)C.CC(C)C1CNCC1C(C)C. The Balaban J connectivity index is -0.000000277. The van der Waals surface area contributed by atoms with E-state index >= 15 is 0 Å². The van der Waals surface area contributed by atoms with E-state index in [0.717, 1.165) is 94.8 Å². The van der Waals surface area contributed by atoms with Crippen LogP contribution in [0.3, 0.4) is 0 Å². The summed E-state index contributed by atoms with van der Waals surface area (Å²) >= 11 is 0. The molecule has 8 unspecified atom stereocenters. The lowest BCUT2D eigenvalue weighted by molar-refractivity contribution is 0.0793. The standard InChI is InChI=1S/C11H23N.2C10H21N.C10H20.4C2H6/c1-8(2)10-5-6-12-7-11(10)9(3)4;1-7(2)9-5-11-6-10(9)8(3)4;1-7(2)9-5-6-11-10(9)8(3)4;1-7(2)9-5-6-10(9)8(3)4;4*1-2/h8-12H,5-7H2,1-4H3;2*7-11H,5-6H2,1-4H3;7-10H,5-6H2,1-4H3;4*1-2H3. The van der Waals surface area contributed by atoms with Crippen molar-refractivity contribution in [3.63, 3.8) is 0 Å². The lowest BCUT2D eigenvalue weighted by Crippen LogP contribution is -2.41. The first kappa shape index (κ1) is 58.6. The van der Waals surface area contributed by atoms with Crippen LogP contribution in [-0.2, 0) is 0 Å². The molecule has 0 radical (unpaired) electrons. The molecule has 3 nitrogen and oxygen atoms in total. The summed E-state index contributed by atoms with van der Waals surface area (Å²) in [5.74, 6) is 13.5. The van der Waals surface area contributed by atoms with Crippen molar-refractivity contribution in [3.8, 4) is 0 Å². The molecule has 3 heteroatoms. The van der Waals surface area contributed by atoms with Crippen molar-refractivity contribution in [1.29, 1.82) is 0 Å². The Bertz CT molecular complexity index is 621. The fourth-order valence-corrected chi connectivity index (χ4v) is 9.07. The number of hydrogen-bond donors (Lipinski definition) is 3.